The molecule has 1 aromatic carbocycles. The maximum Gasteiger partial charge on any atom is 0.0746 e. The topological polar surface area (TPSA) is 25.8 Å². The number of aryl methyl sites for hydroxylation is 2. The van der Waals surface area contributed by atoms with Gasteiger partial charge in [0.05, 0.1) is 5.69 Å². The van der Waals surface area contributed by atoms with Crippen molar-refractivity contribution in [3.05, 3.63) is 71.2 Å². The van der Waals surface area contributed by atoms with Crippen LogP contribution in [0.1, 0.15) is 36.1 Å². The Bertz CT molecular complexity index is 954. The molecular formula is C21H18N2. The lowest BCUT2D eigenvalue weighted by molar-refractivity contribution is 0.658. The first-order valence-electron chi connectivity index (χ1n) is 8.23. The fourth-order valence-corrected chi connectivity index (χ4v) is 4.41. The van der Waals surface area contributed by atoms with Crippen LogP contribution < -0.4 is 0 Å². The van der Waals surface area contributed by atoms with Crippen molar-refractivity contribution in [2.75, 3.05) is 0 Å². The fraction of sp³-hybridized carbons (Fsp3) is 0.238. The fourth-order valence-electron chi connectivity index (χ4n) is 4.41. The molecule has 0 N–H and O–H groups in total. The Balaban J connectivity index is 1.91. The van der Waals surface area contributed by atoms with Gasteiger partial charge >= 0.3 is 0 Å². The van der Waals surface area contributed by atoms with Gasteiger partial charge in [0.1, 0.15) is 0 Å². The number of hydrogen-bond donors (Lipinski definition) is 0. The number of nitrogens with zero attached hydrogens (tertiary/aromatic N) is 2. The van der Waals surface area contributed by atoms with E-state index < -0.39 is 0 Å². The maximum absolute atomic E-state index is 4.69. The molecule has 0 spiro atoms. The summed E-state index contributed by atoms with van der Waals surface area (Å²) >= 11 is 0. The highest BCUT2D eigenvalue weighted by Crippen LogP contribution is 2.53. The molecule has 2 heteroatoms. The summed E-state index contributed by atoms with van der Waals surface area (Å²) in [5, 5.41) is 0. The number of hydrogen-bond acceptors (Lipinski definition) is 2. The van der Waals surface area contributed by atoms with E-state index in [0.717, 1.165) is 18.5 Å². The van der Waals surface area contributed by atoms with Crippen molar-refractivity contribution < 1.29 is 0 Å². The summed E-state index contributed by atoms with van der Waals surface area (Å²) in [6.07, 6.45) is 8.04. The Morgan fingerprint density at radius 1 is 0.913 bits per heavy atom. The van der Waals surface area contributed by atoms with E-state index in [4.69, 9.17) is 0 Å². The van der Waals surface area contributed by atoms with Gasteiger partial charge in [-0.3, -0.25) is 9.97 Å². The molecule has 2 aliphatic rings. The molecule has 0 unspecified atom stereocenters. The molecule has 2 aliphatic carbocycles. The summed E-state index contributed by atoms with van der Waals surface area (Å²) in [6, 6.07) is 11.0. The summed E-state index contributed by atoms with van der Waals surface area (Å²) in [5.74, 6) is 0. The van der Waals surface area contributed by atoms with Crippen LogP contribution in [0.4, 0.5) is 0 Å². The molecule has 0 aliphatic heterocycles. The average molecular weight is 298 g/mol. The van der Waals surface area contributed by atoms with Gasteiger partial charge in [0.15, 0.2) is 0 Å². The first-order chi connectivity index (χ1) is 11.2. The molecule has 0 atom stereocenters. The van der Waals surface area contributed by atoms with Crippen LogP contribution in [-0.2, 0) is 18.3 Å². The average Bonchev–Trinajstić information content (AvgIpc) is 2.83. The zero-order valence-electron chi connectivity index (χ0n) is 13.4. The Kier molecular flexibility index (Phi) is 2.42. The van der Waals surface area contributed by atoms with Crippen molar-refractivity contribution in [3.63, 3.8) is 0 Å². The summed E-state index contributed by atoms with van der Waals surface area (Å²) in [5.41, 5.74) is 10.8. The number of fused-ring (bicyclic) bond motifs is 7. The second-order valence-corrected chi connectivity index (χ2v) is 7.08. The van der Waals surface area contributed by atoms with Gasteiger partial charge in [0.25, 0.3) is 0 Å². The normalized spacial score (nSPS) is 16.3. The van der Waals surface area contributed by atoms with Crippen molar-refractivity contribution >= 4 is 0 Å². The molecule has 5 rings (SSSR count). The zero-order valence-corrected chi connectivity index (χ0v) is 13.4. The Hall–Kier alpha value is -2.48. The van der Waals surface area contributed by atoms with Crippen molar-refractivity contribution in [2.45, 2.75) is 32.1 Å². The minimum Gasteiger partial charge on any atom is -0.264 e. The lowest BCUT2D eigenvalue weighted by Crippen LogP contribution is -2.18. The highest BCUT2D eigenvalue weighted by molar-refractivity contribution is 5.89. The third kappa shape index (κ3) is 1.58. The van der Waals surface area contributed by atoms with Gasteiger partial charge in [-0.25, -0.2) is 0 Å². The van der Waals surface area contributed by atoms with Crippen LogP contribution in [0.3, 0.4) is 0 Å². The molecule has 2 heterocycles. The van der Waals surface area contributed by atoms with E-state index in [0.29, 0.717) is 0 Å². The highest BCUT2D eigenvalue weighted by atomic mass is 14.7. The summed E-state index contributed by atoms with van der Waals surface area (Å²) in [4.78, 5) is 9.02. The number of benzene rings is 1. The molecule has 2 nitrogen and oxygen atoms in total. The van der Waals surface area contributed by atoms with E-state index in [9.17, 15) is 0 Å². The molecule has 2 aromatic heterocycles. The Morgan fingerprint density at radius 3 is 2.70 bits per heavy atom. The van der Waals surface area contributed by atoms with Crippen LogP contribution in [0.25, 0.3) is 22.4 Å². The zero-order chi connectivity index (χ0) is 15.6. The van der Waals surface area contributed by atoms with Crippen molar-refractivity contribution in [3.8, 4) is 22.4 Å². The monoisotopic (exact) mass is 298 g/mol. The first kappa shape index (κ1) is 13.0. The van der Waals surface area contributed by atoms with E-state index in [2.05, 4.69) is 54.1 Å². The molecule has 0 fully saturated rings. The van der Waals surface area contributed by atoms with E-state index in [1.165, 1.54) is 38.9 Å². The quantitative estimate of drug-likeness (QED) is 0.608. The molecule has 112 valence electrons. The maximum atomic E-state index is 4.69. The van der Waals surface area contributed by atoms with Gasteiger partial charge in [-0.1, -0.05) is 32.0 Å². The minimum absolute atomic E-state index is 0.0118. The van der Waals surface area contributed by atoms with Crippen LogP contribution >= 0.6 is 0 Å². The Morgan fingerprint density at radius 2 is 1.78 bits per heavy atom. The molecule has 3 aromatic rings. The van der Waals surface area contributed by atoms with Crippen molar-refractivity contribution in [1.29, 1.82) is 0 Å². The lowest BCUT2D eigenvalue weighted by Gasteiger charge is -2.29. The molecule has 0 saturated heterocycles. The number of pyridine rings is 2. The smallest absolute Gasteiger partial charge is 0.0746 e. The van der Waals surface area contributed by atoms with E-state index >= 15 is 0 Å². The second kappa shape index (κ2) is 4.29. The predicted molar refractivity (Wildman–Crippen MR) is 92.4 cm³/mol. The van der Waals surface area contributed by atoms with Crippen molar-refractivity contribution in [2.24, 2.45) is 0 Å². The molecule has 0 saturated carbocycles. The number of rotatable bonds is 0. The Labute approximate surface area is 136 Å². The third-order valence-electron chi connectivity index (χ3n) is 5.49. The van der Waals surface area contributed by atoms with Gasteiger partial charge in [0, 0.05) is 29.6 Å². The third-order valence-corrected chi connectivity index (χ3v) is 5.49. The SMILES string of the molecule is CC1(C)c2cccnc2-c2ccc3c(c21)-c1ccncc1CC3. The van der Waals surface area contributed by atoms with Crippen LogP contribution in [0, 0.1) is 0 Å². The minimum atomic E-state index is -0.0118. The summed E-state index contributed by atoms with van der Waals surface area (Å²) in [7, 11) is 0. The predicted octanol–water partition coefficient (Wildman–Crippen LogP) is 4.55. The van der Waals surface area contributed by atoms with Crippen LogP contribution in [0.5, 0.6) is 0 Å². The lowest BCUT2D eigenvalue weighted by atomic mass is 9.74. The van der Waals surface area contributed by atoms with Gasteiger partial charge < -0.3 is 0 Å². The van der Waals surface area contributed by atoms with Crippen LogP contribution in [0.2, 0.25) is 0 Å². The van der Waals surface area contributed by atoms with Crippen LogP contribution in [0.15, 0.2) is 48.9 Å². The highest BCUT2D eigenvalue weighted by Gasteiger charge is 2.40. The summed E-state index contributed by atoms with van der Waals surface area (Å²) in [6.45, 7) is 4.66. The van der Waals surface area contributed by atoms with Crippen LogP contribution in [-0.4, -0.2) is 9.97 Å². The standard InChI is InChI=1S/C21H18N2/c1-21(2)17-4-3-10-23-20(17)16-8-7-13-5-6-14-12-22-11-9-15(14)18(13)19(16)21/h3-4,7-12H,5-6H2,1-2H3. The van der Waals surface area contributed by atoms with E-state index in [1.807, 2.05) is 18.6 Å². The van der Waals surface area contributed by atoms with E-state index in [1.54, 1.807) is 0 Å². The van der Waals surface area contributed by atoms with Gasteiger partial charge in [0.2, 0.25) is 0 Å². The molecule has 23 heavy (non-hydrogen) atoms. The number of aromatic nitrogens is 2. The van der Waals surface area contributed by atoms with Gasteiger partial charge in [-0.05, 0) is 58.4 Å². The van der Waals surface area contributed by atoms with Gasteiger partial charge in [-0.15, -0.1) is 0 Å². The molecular weight excluding hydrogens is 280 g/mol. The molecule has 0 radical (unpaired) electrons. The summed E-state index contributed by atoms with van der Waals surface area (Å²) < 4.78 is 0. The van der Waals surface area contributed by atoms with E-state index in [-0.39, 0.29) is 5.41 Å². The largest absolute Gasteiger partial charge is 0.264 e. The first-order valence-corrected chi connectivity index (χ1v) is 8.23. The molecule has 0 bridgehead atoms. The molecule has 0 amide bonds. The van der Waals surface area contributed by atoms with Crippen molar-refractivity contribution in [1.82, 2.24) is 9.97 Å². The second-order valence-electron chi connectivity index (χ2n) is 7.08. The van der Waals surface area contributed by atoms with Gasteiger partial charge in [-0.2, -0.15) is 0 Å².